The second-order valence-corrected chi connectivity index (χ2v) is 4.80. The number of hydrogen-bond donors (Lipinski definition) is 1. The number of carbonyl (C=O) groups is 1. The van der Waals surface area contributed by atoms with Crippen LogP contribution in [-0.4, -0.2) is 10.9 Å². The molecule has 2 aromatic rings. The highest BCUT2D eigenvalue weighted by atomic mass is 35.5. The fraction of sp³-hybridized carbons (Fsp3) is 0.143. The summed E-state index contributed by atoms with van der Waals surface area (Å²) in [6, 6.07) is 8.92. The number of nitrogens with zero attached hydrogens (tertiary/aromatic N) is 1. The van der Waals surface area contributed by atoms with Gasteiger partial charge in [-0.25, -0.2) is 0 Å². The predicted octanol–water partition coefficient (Wildman–Crippen LogP) is 3.96. The van der Waals surface area contributed by atoms with Crippen molar-refractivity contribution in [3.63, 3.8) is 0 Å². The molecule has 0 aliphatic rings. The third-order valence-corrected chi connectivity index (χ3v) is 3.41. The molecule has 0 aliphatic carbocycles. The molecule has 5 heteroatoms. The maximum absolute atomic E-state index is 11.8. The van der Waals surface area contributed by atoms with Crippen molar-refractivity contribution >= 4 is 34.8 Å². The van der Waals surface area contributed by atoms with Gasteiger partial charge >= 0.3 is 0 Å². The van der Waals surface area contributed by atoms with Gasteiger partial charge in [-0.15, -0.1) is 0 Å². The minimum atomic E-state index is -0.104. The Labute approximate surface area is 121 Å². The minimum absolute atomic E-state index is 0.104. The van der Waals surface area contributed by atoms with Gasteiger partial charge in [-0.05, 0) is 30.2 Å². The van der Waals surface area contributed by atoms with Gasteiger partial charge in [0.05, 0.1) is 15.7 Å². The minimum Gasteiger partial charge on any atom is -0.325 e. The van der Waals surface area contributed by atoms with E-state index >= 15 is 0 Å². The van der Waals surface area contributed by atoms with Crippen molar-refractivity contribution < 1.29 is 4.79 Å². The Morgan fingerprint density at radius 1 is 1.21 bits per heavy atom. The second kappa shape index (κ2) is 6.55. The molecule has 1 aromatic heterocycles. The van der Waals surface area contributed by atoms with Crippen LogP contribution in [0.25, 0.3) is 0 Å². The van der Waals surface area contributed by atoms with Crippen LogP contribution in [0.2, 0.25) is 10.0 Å². The fourth-order valence-electron chi connectivity index (χ4n) is 1.62. The second-order valence-electron chi connectivity index (χ2n) is 4.01. The largest absolute Gasteiger partial charge is 0.325 e. The Bertz CT molecular complexity index is 573. The number of aromatic nitrogens is 1. The molecule has 1 heterocycles. The molecule has 19 heavy (non-hydrogen) atoms. The van der Waals surface area contributed by atoms with Crippen molar-refractivity contribution in [1.29, 1.82) is 0 Å². The van der Waals surface area contributed by atoms with Gasteiger partial charge in [-0.2, -0.15) is 0 Å². The first-order valence-electron chi connectivity index (χ1n) is 5.79. The summed E-state index contributed by atoms with van der Waals surface area (Å²) in [5.74, 6) is -0.104. The van der Waals surface area contributed by atoms with Crippen LogP contribution in [0, 0.1) is 0 Å². The third kappa shape index (κ3) is 3.94. The van der Waals surface area contributed by atoms with Crippen LogP contribution in [0.5, 0.6) is 0 Å². The molecule has 2 rings (SSSR count). The lowest BCUT2D eigenvalue weighted by Gasteiger charge is -2.08. The molecule has 98 valence electrons. The van der Waals surface area contributed by atoms with Crippen molar-refractivity contribution in [2.24, 2.45) is 0 Å². The molecule has 0 fully saturated rings. The molecule has 0 atom stereocenters. The molecule has 0 aliphatic heterocycles. The van der Waals surface area contributed by atoms with Gasteiger partial charge in [0.1, 0.15) is 0 Å². The van der Waals surface area contributed by atoms with Gasteiger partial charge in [0.25, 0.3) is 0 Å². The van der Waals surface area contributed by atoms with E-state index in [0.717, 1.165) is 5.56 Å². The zero-order chi connectivity index (χ0) is 13.7. The van der Waals surface area contributed by atoms with Gasteiger partial charge in [0.15, 0.2) is 0 Å². The van der Waals surface area contributed by atoms with Crippen molar-refractivity contribution in [2.75, 3.05) is 5.32 Å². The monoisotopic (exact) mass is 294 g/mol. The van der Waals surface area contributed by atoms with Crippen LogP contribution in [0.3, 0.4) is 0 Å². The van der Waals surface area contributed by atoms with Crippen LogP contribution in [-0.2, 0) is 11.2 Å². The molecule has 1 aromatic carbocycles. The van der Waals surface area contributed by atoms with E-state index in [-0.39, 0.29) is 5.91 Å². The number of anilines is 1. The van der Waals surface area contributed by atoms with E-state index in [1.165, 1.54) is 0 Å². The molecule has 1 N–H and O–H groups in total. The smallest absolute Gasteiger partial charge is 0.224 e. The number of hydrogen-bond acceptors (Lipinski definition) is 2. The zero-order valence-electron chi connectivity index (χ0n) is 10.1. The van der Waals surface area contributed by atoms with Crippen molar-refractivity contribution in [2.45, 2.75) is 12.8 Å². The van der Waals surface area contributed by atoms with Gasteiger partial charge in [-0.1, -0.05) is 35.3 Å². The number of nitrogens with one attached hydrogen (secondary N) is 1. The number of halogens is 2. The van der Waals surface area contributed by atoms with Crippen molar-refractivity contribution in [1.82, 2.24) is 4.98 Å². The highest BCUT2D eigenvalue weighted by molar-refractivity contribution is 6.43. The maximum Gasteiger partial charge on any atom is 0.224 e. The lowest BCUT2D eigenvalue weighted by atomic mass is 10.1. The van der Waals surface area contributed by atoms with Crippen LogP contribution in [0.4, 0.5) is 5.69 Å². The quantitative estimate of drug-likeness (QED) is 0.927. The third-order valence-electron chi connectivity index (χ3n) is 2.59. The van der Waals surface area contributed by atoms with E-state index in [4.69, 9.17) is 23.2 Å². The van der Waals surface area contributed by atoms with E-state index in [0.29, 0.717) is 28.6 Å². The van der Waals surface area contributed by atoms with Crippen molar-refractivity contribution in [3.8, 4) is 0 Å². The highest BCUT2D eigenvalue weighted by Crippen LogP contribution is 2.29. The number of rotatable bonds is 4. The van der Waals surface area contributed by atoms with Gasteiger partial charge in [0.2, 0.25) is 5.91 Å². The average molecular weight is 295 g/mol. The average Bonchev–Trinajstić information content (AvgIpc) is 2.43. The summed E-state index contributed by atoms with van der Waals surface area (Å²) >= 11 is 11.9. The SMILES string of the molecule is O=C(CCc1cccnc1)Nc1cccc(Cl)c1Cl. The number of carbonyl (C=O) groups excluding carboxylic acids is 1. The van der Waals surface area contributed by atoms with Crippen LogP contribution >= 0.6 is 23.2 Å². The van der Waals surface area contributed by atoms with E-state index in [9.17, 15) is 4.79 Å². The summed E-state index contributed by atoms with van der Waals surface area (Å²) in [5.41, 5.74) is 1.56. The number of amides is 1. The molecule has 0 saturated heterocycles. The standard InChI is InChI=1S/C14H12Cl2N2O/c15-11-4-1-5-12(14(11)16)18-13(19)7-6-10-3-2-8-17-9-10/h1-5,8-9H,6-7H2,(H,18,19). The van der Waals surface area contributed by atoms with Crippen LogP contribution < -0.4 is 5.32 Å². The molecular formula is C14H12Cl2N2O. The topological polar surface area (TPSA) is 42.0 Å². The predicted molar refractivity (Wildman–Crippen MR) is 77.6 cm³/mol. The summed E-state index contributed by atoms with van der Waals surface area (Å²) in [7, 11) is 0. The van der Waals surface area contributed by atoms with Crippen molar-refractivity contribution in [3.05, 3.63) is 58.3 Å². The van der Waals surface area contributed by atoms with Gasteiger partial charge in [-0.3, -0.25) is 9.78 Å². The molecule has 0 unspecified atom stereocenters. The molecule has 0 saturated carbocycles. The highest BCUT2D eigenvalue weighted by Gasteiger charge is 2.08. The number of aryl methyl sites for hydroxylation is 1. The normalized spacial score (nSPS) is 10.2. The number of pyridine rings is 1. The van der Waals surface area contributed by atoms with E-state index in [2.05, 4.69) is 10.3 Å². The van der Waals surface area contributed by atoms with E-state index < -0.39 is 0 Å². The van der Waals surface area contributed by atoms with Gasteiger partial charge < -0.3 is 5.32 Å². The Morgan fingerprint density at radius 2 is 2.05 bits per heavy atom. The molecule has 0 spiro atoms. The molecule has 1 amide bonds. The lowest BCUT2D eigenvalue weighted by Crippen LogP contribution is -2.12. The van der Waals surface area contributed by atoms with Gasteiger partial charge in [0, 0.05) is 18.8 Å². The molecular weight excluding hydrogens is 283 g/mol. The molecule has 3 nitrogen and oxygen atoms in total. The summed E-state index contributed by atoms with van der Waals surface area (Å²) < 4.78 is 0. The summed E-state index contributed by atoms with van der Waals surface area (Å²) in [6.45, 7) is 0. The Balaban J connectivity index is 1.93. The van der Waals surface area contributed by atoms with E-state index in [1.807, 2.05) is 12.1 Å². The molecule has 0 bridgehead atoms. The Hall–Kier alpha value is -1.58. The maximum atomic E-state index is 11.8. The zero-order valence-corrected chi connectivity index (χ0v) is 11.6. The first kappa shape index (κ1) is 13.8. The first-order chi connectivity index (χ1) is 9.16. The summed E-state index contributed by atoms with van der Waals surface area (Å²) in [5, 5.41) is 3.53. The fourth-order valence-corrected chi connectivity index (χ4v) is 1.96. The van der Waals surface area contributed by atoms with Crippen LogP contribution in [0.1, 0.15) is 12.0 Å². The first-order valence-corrected chi connectivity index (χ1v) is 6.55. The molecule has 0 radical (unpaired) electrons. The summed E-state index contributed by atoms with van der Waals surface area (Å²) in [4.78, 5) is 15.8. The number of benzene rings is 1. The Kier molecular flexibility index (Phi) is 4.77. The Morgan fingerprint density at radius 3 is 2.79 bits per heavy atom. The lowest BCUT2D eigenvalue weighted by molar-refractivity contribution is -0.116. The summed E-state index contributed by atoms with van der Waals surface area (Å²) in [6.07, 6.45) is 4.46. The van der Waals surface area contributed by atoms with Crippen LogP contribution in [0.15, 0.2) is 42.7 Å². The van der Waals surface area contributed by atoms with E-state index in [1.54, 1.807) is 30.6 Å².